The molecule has 0 bridgehead atoms. The van der Waals surface area contributed by atoms with E-state index in [1.54, 1.807) is 30.3 Å². The van der Waals surface area contributed by atoms with Crippen LogP contribution in [0.5, 0.6) is 0 Å². The molecule has 3 aromatic rings. The molecule has 4 N–H and O–H groups in total. The number of fused-ring (bicyclic) bond motifs is 2. The van der Waals surface area contributed by atoms with Crippen molar-refractivity contribution >= 4 is 68.9 Å². The van der Waals surface area contributed by atoms with E-state index >= 15 is 0 Å². The molecule has 4 heterocycles. The summed E-state index contributed by atoms with van der Waals surface area (Å²) in [5.41, 5.74) is 0.0252. The van der Waals surface area contributed by atoms with Gasteiger partial charge in [-0.3, -0.25) is 19.3 Å². The van der Waals surface area contributed by atoms with E-state index < -0.39 is 53.5 Å². The lowest BCUT2D eigenvalue weighted by molar-refractivity contribution is -0.151. The highest BCUT2D eigenvalue weighted by Gasteiger charge is 2.54. The number of hydrogen-bond acceptors (Lipinski definition) is 10. The molecule has 2 aliphatic heterocycles. The average Bonchev–Trinajstić information content (AvgIpc) is 3.23. The van der Waals surface area contributed by atoms with Gasteiger partial charge in [0.1, 0.15) is 28.7 Å². The van der Waals surface area contributed by atoms with E-state index in [1.807, 2.05) is 0 Å². The maximum absolute atomic E-state index is 12.9. The van der Waals surface area contributed by atoms with E-state index in [2.05, 4.69) is 31.4 Å². The second kappa shape index (κ2) is 11.1. The molecule has 14 nitrogen and oxygen atoms in total. The number of halogens is 1. The number of thioether (sulfide) groups is 2. The molecule has 2 aromatic heterocycles. The molecule has 0 aliphatic carbocycles. The minimum Gasteiger partial charge on any atom is -0.480 e. The molecule has 2 amide bonds. The summed E-state index contributed by atoms with van der Waals surface area (Å²) in [7, 11) is 0. The van der Waals surface area contributed by atoms with Gasteiger partial charge >= 0.3 is 17.6 Å². The standard InChI is InChI=1S/C23H19BrN6O8S2/c24-12-3-1-10(2-4-12)18(33)19(34)25-16-20(35)29-17(22(36)37)11(9-40-21(16)29)8-39-14-6-5-13-26-28(7-15(31)32)23(38)30(13)27-14/h1-6,16,18,21,33H,7-9H2,(H,25,34)(H,31,32)(H,36,37)/t16?,18-,21-/m1/s1. The number of carbonyl (C=O) groups excluding carboxylic acids is 2. The Balaban J connectivity index is 1.29. The molecule has 2 aliphatic rings. The van der Waals surface area contributed by atoms with Gasteiger partial charge in [-0.05, 0) is 35.4 Å². The molecule has 1 fully saturated rings. The summed E-state index contributed by atoms with van der Waals surface area (Å²) in [6.45, 7) is -0.619. The Bertz CT molecular complexity index is 1640. The number of nitrogens with zero attached hydrogens (tertiary/aromatic N) is 5. The van der Waals surface area contributed by atoms with Crippen molar-refractivity contribution < 1.29 is 34.5 Å². The Morgan fingerprint density at radius 3 is 2.52 bits per heavy atom. The van der Waals surface area contributed by atoms with Gasteiger partial charge in [0.15, 0.2) is 11.8 Å². The normalized spacial score (nSPS) is 19.2. The van der Waals surface area contributed by atoms with Crippen molar-refractivity contribution in [3.05, 3.63) is 68.2 Å². The first-order valence-electron chi connectivity index (χ1n) is 11.5. The Morgan fingerprint density at radius 2 is 1.85 bits per heavy atom. The Labute approximate surface area is 241 Å². The monoisotopic (exact) mass is 650 g/mol. The van der Waals surface area contributed by atoms with Crippen molar-refractivity contribution in [2.24, 2.45) is 0 Å². The number of aliphatic carboxylic acids is 2. The number of carbonyl (C=O) groups is 4. The van der Waals surface area contributed by atoms with Crippen LogP contribution in [-0.2, 0) is 25.7 Å². The van der Waals surface area contributed by atoms with Crippen LogP contribution in [0.15, 0.2) is 62.0 Å². The number of amides is 2. The molecule has 1 saturated heterocycles. The molecule has 17 heteroatoms. The third kappa shape index (κ3) is 5.24. The number of aliphatic hydroxyl groups is 1. The number of carboxylic acid groups (broad SMARTS) is 2. The van der Waals surface area contributed by atoms with E-state index in [-0.39, 0.29) is 22.8 Å². The Morgan fingerprint density at radius 1 is 1.12 bits per heavy atom. The van der Waals surface area contributed by atoms with Crippen molar-refractivity contribution in [2.45, 2.75) is 29.1 Å². The highest BCUT2D eigenvalue weighted by atomic mass is 79.9. The fourth-order valence-electron chi connectivity index (χ4n) is 4.18. The smallest absolute Gasteiger partial charge is 0.367 e. The number of aliphatic hydroxyl groups excluding tert-OH is 1. The quantitative estimate of drug-likeness (QED) is 0.183. The molecule has 3 atom stereocenters. The lowest BCUT2D eigenvalue weighted by Gasteiger charge is -2.49. The number of benzene rings is 1. The summed E-state index contributed by atoms with van der Waals surface area (Å²) in [6, 6.07) is 8.53. The van der Waals surface area contributed by atoms with Crippen LogP contribution in [0.4, 0.5) is 0 Å². The van der Waals surface area contributed by atoms with Crippen LogP contribution in [0, 0.1) is 0 Å². The summed E-state index contributed by atoms with van der Waals surface area (Å²) < 4.78 is 2.49. The van der Waals surface area contributed by atoms with Gasteiger partial charge in [-0.25, -0.2) is 9.59 Å². The zero-order valence-electron chi connectivity index (χ0n) is 20.1. The first-order valence-corrected chi connectivity index (χ1v) is 14.3. The SMILES string of the molecule is O=C(O)Cn1nc2ccc(SCC3=C(C(=O)O)N4C(=O)C(NC(=O)[C@H](O)c5ccc(Br)cc5)[C@H]4SC3)nn2c1=O. The average molecular weight is 651 g/mol. The molecule has 208 valence electrons. The summed E-state index contributed by atoms with van der Waals surface area (Å²) in [5.74, 6) is -3.52. The van der Waals surface area contributed by atoms with Crippen molar-refractivity contribution in [1.29, 1.82) is 0 Å². The highest BCUT2D eigenvalue weighted by molar-refractivity contribution is 9.10. The second-order valence-corrected chi connectivity index (χ2v) is 11.7. The lowest BCUT2D eigenvalue weighted by Crippen LogP contribution is -2.70. The van der Waals surface area contributed by atoms with Crippen LogP contribution in [0.25, 0.3) is 5.65 Å². The van der Waals surface area contributed by atoms with Crippen LogP contribution < -0.4 is 11.0 Å². The fourth-order valence-corrected chi connectivity index (χ4v) is 6.79. The van der Waals surface area contributed by atoms with Crippen molar-refractivity contribution in [1.82, 2.24) is 29.6 Å². The maximum atomic E-state index is 12.9. The van der Waals surface area contributed by atoms with Crippen molar-refractivity contribution in [3.63, 3.8) is 0 Å². The molecule has 0 spiro atoms. The van der Waals surface area contributed by atoms with Gasteiger partial charge in [0.05, 0.1) is 0 Å². The molecular weight excluding hydrogens is 632 g/mol. The predicted octanol–water partition coefficient (Wildman–Crippen LogP) is 0.302. The maximum Gasteiger partial charge on any atom is 0.367 e. The largest absolute Gasteiger partial charge is 0.480 e. The Hall–Kier alpha value is -3.67. The molecule has 1 unspecified atom stereocenters. The number of β-lactam (4-membered cyclic amide) rings is 1. The van der Waals surface area contributed by atoms with E-state index in [0.29, 0.717) is 16.2 Å². The van der Waals surface area contributed by atoms with Crippen LogP contribution in [0.2, 0.25) is 0 Å². The molecule has 1 aromatic carbocycles. The van der Waals surface area contributed by atoms with Gasteiger partial charge in [0.2, 0.25) is 0 Å². The van der Waals surface area contributed by atoms with Gasteiger partial charge in [-0.1, -0.05) is 28.1 Å². The minimum absolute atomic E-state index is 0.140. The topological polar surface area (TPSA) is 196 Å². The molecule has 5 rings (SSSR count). The number of aromatic nitrogens is 4. The molecule has 0 saturated carbocycles. The van der Waals surface area contributed by atoms with Crippen LogP contribution in [-0.4, -0.2) is 86.3 Å². The summed E-state index contributed by atoms with van der Waals surface area (Å²) in [6.07, 6.45) is -1.50. The van der Waals surface area contributed by atoms with Crippen LogP contribution in [0.1, 0.15) is 11.7 Å². The Kier molecular flexibility index (Phi) is 7.72. The van der Waals surface area contributed by atoms with Gasteiger partial charge in [0, 0.05) is 16.0 Å². The number of hydrogen-bond donors (Lipinski definition) is 4. The summed E-state index contributed by atoms with van der Waals surface area (Å²) in [4.78, 5) is 62.1. The minimum atomic E-state index is -1.50. The highest BCUT2D eigenvalue weighted by Crippen LogP contribution is 2.41. The first kappa shape index (κ1) is 27.9. The molecule has 40 heavy (non-hydrogen) atoms. The molecular formula is C23H19BrN6O8S2. The van der Waals surface area contributed by atoms with Crippen molar-refractivity contribution in [3.8, 4) is 0 Å². The van der Waals surface area contributed by atoms with Crippen molar-refractivity contribution in [2.75, 3.05) is 11.5 Å². The van der Waals surface area contributed by atoms with Gasteiger partial charge < -0.3 is 20.6 Å². The van der Waals surface area contributed by atoms with Crippen LogP contribution in [0.3, 0.4) is 0 Å². The van der Waals surface area contributed by atoms with Gasteiger partial charge in [-0.15, -0.1) is 28.6 Å². The summed E-state index contributed by atoms with van der Waals surface area (Å²) >= 11 is 5.69. The van der Waals surface area contributed by atoms with E-state index in [9.17, 15) is 34.2 Å². The zero-order chi connectivity index (χ0) is 28.7. The van der Waals surface area contributed by atoms with E-state index in [0.717, 1.165) is 30.3 Å². The third-order valence-electron chi connectivity index (χ3n) is 6.08. The second-order valence-electron chi connectivity index (χ2n) is 8.67. The number of carboxylic acids is 2. The lowest BCUT2D eigenvalue weighted by atomic mass is 10.0. The zero-order valence-corrected chi connectivity index (χ0v) is 23.3. The number of rotatable bonds is 9. The molecule has 0 radical (unpaired) electrons. The summed E-state index contributed by atoms with van der Waals surface area (Å²) in [5, 5.41) is 39.5. The first-order chi connectivity index (χ1) is 19.0. The van der Waals surface area contributed by atoms with Gasteiger partial charge in [0.25, 0.3) is 11.8 Å². The third-order valence-corrected chi connectivity index (χ3v) is 8.95. The van der Waals surface area contributed by atoms with E-state index in [4.69, 9.17) is 5.11 Å². The number of nitrogens with one attached hydrogen (secondary N) is 1. The van der Waals surface area contributed by atoms with Crippen LogP contribution >= 0.6 is 39.5 Å². The van der Waals surface area contributed by atoms with E-state index in [1.165, 1.54) is 17.8 Å². The predicted molar refractivity (Wildman–Crippen MR) is 144 cm³/mol. The fraction of sp³-hybridized carbons (Fsp3) is 0.261. The van der Waals surface area contributed by atoms with Gasteiger partial charge in [-0.2, -0.15) is 14.3 Å².